The maximum Gasteiger partial charge on any atom is 0.252 e. The molecule has 6 heteroatoms. The van der Waals surface area contributed by atoms with Gasteiger partial charge in [0.25, 0.3) is 5.91 Å². The largest absolute Gasteiger partial charge is 0.354 e. The maximum absolute atomic E-state index is 12.4. The van der Waals surface area contributed by atoms with Crippen molar-refractivity contribution >= 4 is 27.7 Å². The average molecular weight is 552 g/mol. The van der Waals surface area contributed by atoms with E-state index >= 15 is 0 Å². The molecule has 0 aromatic carbocycles. The number of anilines is 1. The average Bonchev–Trinajstić information content (AvgIpc) is 2.89. The van der Waals surface area contributed by atoms with Crippen molar-refractivity contribution in [1.29, 1.82) is 0 Å². The standard InChI is InChI=1S/C29H51BrN4O/c1-2-21-33-22-24-34(25-23-33)28-18-17-27(26-32-28)29(35)31-20-16-14-12-10-8-6-4-3-5-7-9-11-13-15-19-30/h17-18,26H,2-16,19-25H2,1H3,(H,31,35). The van der Waals surface area contributed by atoms with Gasteiger partial charge in [-0.15, -0.1) is 0 Å². The summed E-state index contributed by atoms with van der Waals surface area (Å²) in [6, 6.07) is 3.91. The van der Waals surface area contributed by atoms with Crippen LogP contribution in [-0.4, -0.2) is 60.4 Å². The normalized spacial score (nSPS) is 14.4. The van der Waals surface area contributed by atoms with Crippen molar-refractivity contribution in [3.05, 3.63) is 23.9 Å². The Hall–Kier alpha value is -1.14. The minimum atomic E-state index is -0.0000603. The van der Waals surface area contributed by atoms with Gasteiger partial charge >= 0.3 is 0 Å². The number of aromatic nitrogens is 1. The number of nitrogens with zero attached hydrogens (tertiary/aromatic N) is 3. The second-order valence-electron chi connectivity index (χ2n) is 10.1. The third-order valence-corrected chi connectivity index (χ3v) is 7.65. The number of rotatable bonds is 20. The van der Waals surface area contributed by atoms with Gasteiger partial charge in [-0.25, -0.2) is 4.98 Å². The molecule has 1 saturated heterocycles. The van der Waals surface area contributed by atoms with E-state index in [-0.39, 0.29) is 5.91 Å². The summed E-state index contributed by atoms with van der Waals surface area (Å²) in [7, 11) is 0. The Morgan fingerprint density at radius 3 is 1.86 bits per heavy atom. The number of alkyl halides is 1. The fraction of sp³-hybridized carbons (Fsp3) is 0.793. The predicted octanol–water partition coefficient (Wildman–Crippen LogP) is 7.20. The first kappa shape index (κ1) is 30.1. The lowest BCUT2D eigenvalue weighted by Crippen LogP contribution is -2.46. The zero-order chi connectivity index (χ0) is 25.0. The molecule has 0 atom stereocenters. The highest BCUT2D eigenvalue weighted by Gasteiger charge is 2.17. The summed E-state index contributed by atoms with van der Waals surface area (Å²) in [5.41, 5.74) is 0.664. The monoisotopic (exact) mass is 550 g/mol. The molecule has 1 aliphatic heterocycles. The fourth-order valence-corrected chi connectivity index (χ4v) is 5.27. The summed E-state index contributed by atoms with van der Waals surface area (Å²) < 4.78 is 0. The van der Waals surface area contributed by atoms with E-state index < -0.39 is 0 Å². The fourth-order valence-electron chi connectivity index (χ4n) is 4.87. The summed E-state index contributed by atoms with van der Waals surface area (Å²) in [5.74, 6) is 0.985. The summed E-state index contributed by atoms with van der Waals surface area (Å²) in [6.45, 7) is 8.38. The van der Waals surface area contributed by atoms with Crippen LogP contribution >= 0.6 is 15.9 Å². The molecular formula is C29H51BrN4O. The van der Waals surface area contributed by atoms with E-state index in [1.165, 1.54) is 96.4 Å². The van der Waals surface area contributed by atoms with E-state index in [1.54, 1.807) is 6.20 Å². The minimum absolute atomic E-state index is 0.0000603. The number of unbranched alkanes of at least 4 members (excludes halogenated alkanes) is 13. The number of nitrogens with one attached hydrogen (secondary N) is 1. The molecule has 0 radical (unpaired) electrons. The number of piperazine rings is 1. The van der Waals surface area contributed by atoms with Crippen molar-refractivity contribution in [3.63, 3.8) is 0 Å². The van der Waals surface area contributed by atoms with Gasteiger partial charge in [0.2, 0.25) is 0 Å². The van der Waals surface area contributed by atoms with Gasteiger partial charge in [-0.3, -0.25) is 9.69 Å². The third-order valence-electron chi connectivity index (χ3n) is 7.09. The molecule has 1 fully saturated rings. The van der Waals surface area contributed by atoms with Gasteiger partial charge in [0.1, 0.15) is 5.82 Å². The summed E-state index contributed by atoms with van der Waals surface area (Å²) in [4.78, 5) is 21.8. The van der Waals surface area contributed by atoms with Crippen LogP contribution in [0.2, 0.25) is 0 Å². The second kappa shape index (κ2) is 20.0. The minimum Gasteiger partial charge on any atom is -0.354 e. The molecule has 35 heavy (non-hydrogen) atoms. The molecule has 0 spiro atoms. The molecule has 5 nitrogen and oxygen atoms in total. The quantitative estimate of drug-likeness (QED) is 0.138. The van der Waals surface area contributed by atoms with E-state index in [0.29, 0.717) is 5.56 Å². The third kappa shape index (κ3) is 13.7. The lowest BCUT2D eigenvalue weighted by Gasteiger charge is -2.35. The number of amides is 1. The Bertz CT molecular complexity index is 647. The predicted molar refractivity (Wildman–Crippen MR) is 154 cm³/mol. The molecule has 0 saturated carbocycles. The highest BCUT2D eigenvalue weighted by Crippen LogP contribution is 2.15. The number of halogens is 1. The first-order valence-electron chi connectivity index (χ1n) is 14.5. The Morgan fingerprint density at radius 2 is 1.37 bits per heavy atom. The molecule has 2 heterocycles. The van der Waals surface area contributed by atoms with Crippen molar-refractivity contribution in [3.8, 4) is 0 Å². The number of hydrogen-bond donors (Lipinski definition) is 1. The summed E-state index contributed by atoms with van der Waals surface area (Å²) in [6.07, 6.45) is 21.8. The zero-order valence-corrected chi connectivity index (χ0v) is 24.0. The van der Waals surface area contributed by atoms with Crippen LogP contribution in [0.25, 0.3) is 0 Å². The van der Waals surface area contributed by atoms with Crippen LogP contribution in [0.1, 0.15) is 114 Å². The SMILES string of the molecule is CCCN1CCN(c2ccc(C(=O)NCCCCCCCCCCCCCCCCBr)cn2)CC1. The van der Waals surface area contributed by atoms with Gasteiger partial charge in [0.15, 0.2) is 0 Å². The number of pyridine rings is 1. The Labute approximate surface area is 224 Å². The van der Waals surface area contributed by atoms with E-state index in [9.17, 15) is 4.79 Å². The number of carbonyl (C=O) groups is 1. The smallest absolute Gasteiger partial charge is 0.252 e. The molecule has 1 aliphatic rings. The van der Waals surface area contributed by atoms with Crippen LogP contribution in [0, 0.1) is 0 Å². The van der Waals surface area contributed by atoms with Gasteiger partial charge in [-0.05, 0) is 37.9 Å². The molecule has 1 N–H and O–H groups in total. The van der Waals surface area contributed by atoms with Crippen molar-refractivity contribution < 1.29 is 4.79 Å². The second-order valence-corrected chi connectivity index (χ2v) is 10.9. The molecule has 0 aliphatic carbocycles. The van der Waals surface area contributed by atoms with Gasteiger partial charge in [0.05, 0.1) is 5.56 Å². The zero-order valence-electron chi connectivity index (χ0n) is 22.4. The molecule has 0 unspecified atom stereocenters. The van der Waals surface area contributed by atoms with Crippen LogP contribution in [0.4, 0.5) is 5.82 Å². The Kier molecular flexibility index (Phi) is 17.2. The lowest BCUT2D eigenvalue weighted by molar-refractivity contribution is 0.0952. The lowest BCUT2D eigenvalue weighted by atomic mass is 10.0. The number of hydrogen-bond acceptors (Lipinski definition) is 4. The van der Waals surface area contributed by atoms with Gasteiger partial charge in [-0.1, -0.05) is 99.9 Å². The first-order valence-corrected chi connectivity index (χ1v) is 15.6. The topological polar surface area (TPSA) is 48.5 Å². The van der Waals surface area contributed by atoms with E-state index in [2.05, 4.69) is 43.0 Å². The van der Waals surface area contributed by atoms with Gasteiger partial charge in [0, 0.05) is 44.3 Å². The highest BCUT2D eigenvalue weighted by molar-refractivity contribution is 9.09. The van der Waals surface area contributed by atoms with Gasteiger partial charge < -0.3 is 10.2 Å². The molecule has 1 aromatic heterocycles. The van der Waals surface area contributed by atoms with Crippen molar-refractivity contribution in [2.75, 3.05) is 49.5 Å². The van der Waals surface area contributed by atoms with Crippen LogP contribution in [0.15, 0.2) is 18.3 Å². The molecular weight excluding hydrogens is 500 g/mol. The Balaban J connectivity index is 1.42. The highest BCUT2D eigenvalue weighted by atomic mass is 79.9. The Morgan fingerprint density at radius 1 is 0.829 bits per heavy atom. The van der Waals surface area contributed by atoms with E-state index in [0.717, 1.165) is 50.3 Å². The number of carbonyl (C=O) groups excluding carboxylic acids is 1. The molecule has 2 rings (SSSR count). The molecule has 1 amide bonds. The molecule has 0 bridgehead atoms. The van der Waals surface area contributed by atoms with Gasteiger partial charge in [-0.2, -0.15) is 0 Å². The molecule has 1 aromatic rings. The van der Waals surface area contributed by atoms with Crippen molar-refractivity contribution in [1.82, 2.24) is 15.2 Å². The van der Waals surface area contributed by atoms with Crippen LogP contribution in [0.5, 0.6) is 0 Å². The maximum atomic E-state index is 12.4. The van der Waals surface area contributed by atoms with Crippen LogP contribution in [0.3, 0.4) is 0 Å². The van der Waals surface area contributed by atoms with Crippen molar-refractivity contribution in [2.24, 2.45) is 0 Å². The van der Waals surface area contributed by atoms with Crippen LogP contribution in [-0.2, 0) is 0 Å². The van der Waals surface area contributed by atoms with E-state index in [1.807, 2.05) is 12.1 Å². The van der Waals surface area contributed by atoms with E-state index in [4.69, 9.17) is 0 Å². The van der Waals surface area contributed by atoms with Crippen LogP contribution < -0.4 is 10.2 Å². The summed E-state index contributed by atoms with van der Waals surface area (Å²) >= 11 is 3.50. The van der Waals surface area contributed by atoms with Crippen molar-refractivity contribution in [2.45, 2.75) is 103 Å². The summed E-state index contributed by atoms with van der Waals surface area (Å²) in [5, 5.41) is 4.22. The first-order chi connectivity index (χ1) is 17.2. The molecule has 200 valence electrons.